The van der Waals surface area contributed by atoms with E-state index >= 15 is 0 Å². The average molecular weight is 282 g/mol. The van der Waals surface area contributed by atoms with Crippen LogP contribution in [0, 0.1) is 0 Å². The number of hydrogen-bond donors (Lipinski definition) is 1. The van der Waals surface area contributed by atoms with E-state index in [9.17, 15) is 31.1 Å². The summed E-state index contributed by atoms with van der Waals surface area (Å²) in [5.74, 6) is -1.55. The number of benzene rings is 1. The molecular formula is C10H4F6N2O. The summed E-state index contributed by atoms with van der Waals surface area (Å²) in [6.45, 7) is 0. The second-order valence-electron chi connectivity index (χ2n) is 3.64. The van der Waals surface area contributed by atoms with Crippen molar-refractivity contribution in [3.8, 4) is 0 Å². The molecule has 1 N–H and O–H groups in total. The molecule has 0 aliphatic heterocycles. The molecule has 0 saturated heterocycles. The number of fused-ring (bicyclic) bond motifs is 1. The van der Waals surface area contributed by atoms with Crippen LogP contribution in [0.1, 0.15) is 11.4 Å². The minimum atomic E-state index is -4.88. The number of halogens is 6. The van der Waals surface area contributed by atoms with Gasteiger partial charge in [0.2, 0.25) is 5.82 Å². The molecule has 2 rings (SSSR count). The standard InChI is InChI=1S/C10H4F6N2O/c11-9(12,13)4-1-2-6-5(3-4)7(19)18-8(17-6)10(14,15)16/h1-3H,(H,17,18,19). The molecule has 0 amide bonds. The van der Waals surface area contributed by atoms with Crippen LogP contribution in [-0.4, -0.2) is 9.97 Å². The van der Waals surface area contributed by atoms with Crippen LogP contribution in [0.25, 0.3) is 10.9 Å². The van der Waals surface area contributed by atoms with Gasteiger partial charge in [-0.1, -0.05) is 0 Å². The number of H-pyrrole nitrogens is 1. The van der Waals surface area contributed by atoms with Crippen molar-refractivity contribution in [1.82, 2.24) is 9.97 Å². The van der Waals surface area contributed by atoms with Gasteiger partial charge in [0.25, 0.3) is 5.56 Å². The van der Waals surface area contributed by atoms with Crippen LogP contribution in [0.3, 0.4) is 0 Å². The Bertz CT molecular complexity index is 685. The maximum atomic E-state index is 12.4. The summed E-state index contributed by atoms with van der Waals surface area (Å²) in [5, 5.41) is -0.553. The number of hydrogen-bond acceptors (Lipinski definition) is 2. The average Bonchev–Trinajstić information content (AvgIpc) is 2.26. The molecular weight excluding hydrogens is 278 g/mol. The van der Waals surface area contributed by atoms with E-state index in [0.29, 0.717) is 12.1 Å². The highest BCUT2D eigenvalue weighted by atomic mass is 19.4. The van der Waals surface area contributed by atoms with Crippen LogP contribution in [0.5, 0.6) is 0 Å². The van der Waals surface area contributed by atoms with Crippen molar-refractivity contribution in [3.05, 3.63) is 39.9 Å². The molecule has 0 aliphatic rings. The number of nitrogens with one attached hydrogen (secondary N) is 1. The molecule has 3 nitrogen and oxygen atoms in total. The van der Waals surface area contributed by atoms with Gasteiger partial charge in [0.05, 0.1) is 16.5 Å². The van der Waals surface area contributed by atoms with Crippen LogP contribution in [0.2, 0.25) is 0 Å². The van der Waals surface area contributed by atoms with Gasteiger partial charge in [-0.15, -0.1) is 0 Å². The first-order valence-corrected chi connectivity index (χ1v) is 4.77. The molecule has 9 heteroatoms. The Hall–Kier alpha value is -2.06. The zero-order valence-electron chi connectivity index (χ0n) is 8.86. The Balaban J connectivity index is 2.71. The van der Waals surface area contributed by atoms with E-state index in [1.165, 1.54) is 4.98 Å². The number of rotatable bonds is 0. The predicted molar refractivity (Wildman–Crippen MR) is 52.4 cm³/mol. The third kappa shape index (κ3) is 2.54. The first-order chi connectivity index (χ1) is 8.59. The third-order valence-electron chi connectivity index (χ3n) is 2.30. The third-order valence-corrected chi connectivity index (χ3v) is 2.30. The zero-order valence-corrected chi connectivity index (χ0v) is 8.86. The van der Waals surface area contributed by atoms with Crippen molar-refractivity contribution in [2.75, 3.05) is 0 Å². The monoisotopic (exact) mass is 282 g/mol. The zero-order chi connectivity index (χ0) is 14.4. The molecule has 0 unspecified atom stereocenters. The summed E-state index contributed by atoms with van der Waals surface area (Å²) >= 11 is 0. The van der Waals surface area contributed by atoms with Gasteiger partial charge in [-0.3, -0.25) is 4.79 Å². The fraction of sp³-hybridized carbons (Fsp3) is 0.200. The Labute approximate surface area is 100 Å². The van der Waals surface area contributed by atoms with Crippen LogP contribution in [0.15, 0.2) is 23.0 Å². The molecule has 1 aromatic carbocycles. The summed E-state index contributed by atoms with van der Waals surface area (Å²) in [5.41, 5.74) is -2.86. The predicted octanol–water partition coefficient (Wildman–Crippen LogP) is 2.96. The molecule has 0 fully saturated rings. The molecule has 0 saturated carbocycles. The largest absolute Gasteiger partial charge is 0.449 e. The lowest BCUT2D eigenvalue weighted by Crippen LogP contribution is -2.19. The Kier molecular flexibility index (Phi) is 2.79. The molecule has 1 heterocycles. The van der Waals surface area contributed by atoms with Gasteiger partial charge < -0.3 is 4.98 Å². The lowest BCUT2D eigenvalue weighted by atomic mass is 10.1. The SMILES string of the molecule is O=c1[nH]c(C(F)(F)F)nc2ccc(C(F)(F)F)cc12. The first kappa shape index (κ1) is 13.4. The maximum absolute atomic E-state index is 12.4. The number of nitrogens with zero attached hydrogens (tertiary/aromatic N) is 1. The van der Waals surface area contributed by atoms with Gasteiger partial charge in [-0.25, -0.2) is 4.98 Å². The molecule has 0 aliphatic carbocycles. The highest BCUT2D eigenvalue weighted by Crippen LogP contribution is 2.31. The maximum Gasteiger partial charge on any atom is 0.449 e. The van der Waals surface area contributed by atoms with Crippen molar-refractivity contribution in [2.24, 2.45) is 0 Å². The Morgan fingerprint density at radius 3 is 2.16 bits per heavy atom. The smallest absolute Gasteiger partial charge is 0.302 e. The number of aromatic nitrogens is 2. The molecule has 19 heavy (non-hydrogen) atoms. The first-order valence-electron chi connectivity index (χ1n) is 4.77. The van der Waals surface area contributed by atoms with E-state index in [4.69, 9.17) is 0 Å². The molecule has 2 aromatic rings. The number of alkyl halides is 6. The summed E-state index contributed by atoms with van der Waals surface area (Å²) in [6, 6.07) is 1.75. The summed E-state index contributed by atoms with van der Waals surface area (Å²) in [4.78, 5) is 15.9. The summed E-state index contributed by atoms with van der Waals surface area (Å²) < 4.78 is 74.3. The van der Waals surface area contributed by atoms with Crippen molar-refractivity contribution in [2.45, 2.75) is 12.4 Å². The van der Waals surface area contributed by atoms with Gasteiger partial charge in [-0.05, 0) is 18.2 Å². The molecule has 0 radical (unpaired) electrons. The van der Waals surface area contributed by atoms with E-state index in [2.05, 4.69) is 4.98 Å². The normalized spacial score (nSPS) is 12.9. The van der Waals surface area contributed by atoms with Crippen molar-refractivity contribution in [3.63, 3.8) is 0 Å². The van der Waals surface area contributed by atoms with Crippen molar-refractivity contribution < 1.29 is 26.3 Å². The van der Waals surface area contributed by atoms with E-state index < -0.39 is 40.2 Å². The lowest BCUT2D eigenvalue weighted by Gasteiger charge is -2.09. The number of aromatic amines is 1. The van der Waals surface area contributed by atoms with Gasteiger partial charge in [0.15, 0.2) is 0 Å². The lowest BCUT2D eigenvalue weighted by molar-refractivity contribution is -0.145. The summed E-state index contributed by atoms with van der Waals surface area (Å²) in [6.07, 6.45) is -9.57. The minimum Gasteiger partial charge on any atom is -0.302 e. The van der Waals surface area contributed by atoms with Gasteiger partial charge in [0.1, 0.15) is 0 Å². The van der Waals surface area contributed by atoms with Gasteiger partial charge >= 0.3 is 12.4 Å². The van der Waals surface area contributed by atoms with Crippen LogP contribution in [-0.2, 0) is 12.4 Å². The quantitative estimate of drug-likeness (QED) is 0.755. The van der Waals surface area contributed by atoms with Crippen LogP contribution < -0.4 is 5.56 Å². The van der Waals surface area contributed by atoms with Gasteiger partial charge in [0, 0.05) is 0 Å². The second-order valence-corrected chi connectivity index (χ2v) is 3.64. The van der Waals surface area contributed by atoms with E-state index in [-0.39, 0.29) is 0 Å². The van der Waals surface area contributed by atoms with Crippen molar-refractivity contribution in [1.29, 1.82) is 0 Å². The van der Waals surface area contributed by atoms with E-state index in [1.54, 1.807) is 0 Å². The topological polar surface area (TPSA) is 45.8 Å². The minimum absolute atomic E-state index is 0.455. The Morgan fingerprint density at radius 2 is 1.63 bits per heavy atom. The molecule has 1 aromatic heterocycles. The van der Waals surface area contributed by atoms with E-state index in [0.717, 1.165) is 6.07 Å². The van der Waals surface area contributed by atoms with Crippen LogP contribution >= 0.6 is 0 Å². The molecule has 102 valence electrons. The Morgan fingerprint density at radius 1 is 1.00 bits per heavy atom. The highest BCUT2D eigenvalue weighted by Gasteiger charge is 2.35. The fourth-order valence-electron chi connectivity index (χ4n) is 1.45. The van der Waals surface area contributed by atoms with E-state index in [1.807, 2.05) is 0 Å². The summed E-state index contributed by atoms with van der Waals surface area (Å²) in [7, 11) is 0. The van der Waals surface area contributed by atoms with Crippen molar-refractivity contribution >= 4 is 10.9 Å². The van der Waals surface area contributed by atoms with Gasteiger partial charge in [-0.2, -0.15) is 26.3 Å². The van der Waals surface area contributed by atoms with Crippen LogP contribution in [0.4, 0.5) is 26.3 Å². The molecule has 0 atom stereocenters. The molecule has 0 bridgehead atoms. The fourth-order valence-corrected chi connectivity index (χ4v) is 1.45. The highest BCUT2D eigenvalue weighted by molar-refractivity contribution is 5.78. The second kappa shape index (κ2) is 3.97. The molecule has 0 spiro atoms.